The van der Waals surface area contributed by atoms with Crippen molar-refractivity contribution in [3.05, 3.63) is 58.7 Å². The molecule has 3 N–H and O–H groups in total. The summed E-state index contributed by atoms with van der Waals surface area (Å²) in [6, 6.07) is 6.02. The number of aliphatic hydroxyl groups excluding tert-OH is 3. The van der Waals surface area contributed by atoms with Crippen LogP contribution in [0.25, 0.3) is 17.2 Å². The van der Waals surface area contributed by atoms with E-state index in [0.29, 0.717) is 17.0 Å². The van der Waals surface area contributed by atoms with E-state index in [1.54, 1.807) is 25.3 Å². The second kappa shape index (κ2) is 14.8. The Labute approximate surface area is 228 Å². The van der Waals surface area contributed by atoms with Gasteiger partial charge in [0, 0.05) is 43.0 Å². The summed E-state index contributed by atoms with van der Waals surface area (Å²) in [4.78, 5) is 15.6. The third-order valence-corrected chi connectivity index (χ3v) is 5.51. The Morgan fingerprint density at radius 2 is 1.80 bits per heavy atom. The van der Waals surface area contributed by atoms with Crippen LogP contribution in [0.1, 0.15) is 68.0 Å². The molecule has 3 atom stereocenters. The first-order valence-corrected chi connectivity index (χ1v) is 11.3. The first kappa shape index (κ1) is 31.4. The van der Waals surface area contributed by atoms with Gasteiger partial charge in [0.1, 0.15) is 5.82 Å². The Balaban J connectivity index is 0.00000612. The van der Waals surface area contributed by atoms with Gasteiger partial charge < -0.3 is 30.0 Å². The summed E-state index contributed by atoms with van der Waals surface area (Å²) in [6.45, 7) is 5.88. The van der Waals surface area contributed by atoms with Crippen LogP contribution in [-0.2, 0) is 16.1 Å². The zero-order chi connectivity index (χ0) is 25.4. The van der Waals surface area contributed by atoms with Crippen molar-refractivity contribution in [3.8, 4) is 11.1 Å². The molecule has 35 heavy (non-hydrogen) atoms. The Morgan fingerprint density at radius 3 is 2.31 bits per heavy atom. The van der Waals surface area contributed by atoms with E-state index in [1.807, 2.05) is 20.8 Å². The molecule has 0 unspecified atom stereocenters. The SMILES string of the molecule is COCc1c([C@H](C)CO)nc(C(C)C)c(C=C[C@@H](O)C[C@@H](O)CC(=O)[O-])c1-c1ccc(F)cc1.[Na+]. The number of ether oxygens (including phenoxy) is 1. The van der Waals surface area contributed by atoms with Gasteiger partial charge in [-0.1, -0.05) is 45.1 Å². The number of pyridine rings is 1. The van der Waals surface area contributed by atoms with Crippen molar-refractivity contribution in [2.45, 2.75) is 64.3 Å². The predicted octanol–water partition coefficient (Wildman–Crippen LogP) is -0.478. The molecule has 9 heteroatoms. The number of carbonyl (C=O) groups is 1. The van der Waals surface area contributed by atoms with Crippen LogP contribution in [0.2, 0.25) is 0 Å². The van der Waals surface area contributed by atoms with E-state index in [9.17, 15) is 29.6 Å². The van der Waals surface area contributed by atoms with Crippen molar-refractivity contribution in [1.82, 2.24) is 4.98 Å². The zero-order valence-electron chi connectivity index (χ0n) is 21.0. The Morgan fingerprint density at radius 1 is 1.17 bits per heavy atom. The molecule has 0 spiro atoms. The van der Waals surface area contributed by atoms with E-state index in [0.717, 1.165) is 16.7 Å². The molecule has 0 aliphatic carbocycles. The van der Waals surface area contributed by atoms with Crippen LogP contribution in [0.3, 0.4) is 0 Å². The number of methoxy groups -OCH3 is 1. The van der Waals surface area contributed by atoms with Crippen LogP contribution < -0.4 is 34.7 Å². The smallest absolute Gasteiger partial charge is 0.550 e. The van der Waals surface area contributed by atoms with Gasteiger partial charge in [-0.15, -0.1) is 0 Å². The number of aliphatic carboxylic acids is 1. The van der Waals surface area contributed by atoms with Gasteiger partial charge in [-0.2, -0.15) is 0 Å². The van der Waals surface area contributed by atoms with Gasteiger partial charge in [0.2, 0.25) is 0 Å². The molecule has 7 nitrogen and oxygen atoms in total. The van der Waals surface area contributed by atoms with Crippen LogP contribution in [0, 0.1) is 5.82 Å². The number of aromatic nitrogens is 1. The van der Waals surface area contributed by atoms with E-state index in [2.05, 4.69) is 0 Å². The van der Waals surface area contributed by atoms with E-state index in [-0.39, 0.29) is 66.8 Å². The number of hydrogen-bond donors (Lipinski definition) is 3. The van der Waals surface area contributed by atoms with Crippen LogP contribution in [0.4, 0.5) is 4.39 Å². The third kappa shape index (κ3) is 8.75. The third-order valence-electron chi connectivity index (χ3n) is 5.51. The van der Waals surface area contributed by atoms with Gasteiger partial charge in [0.15, 0.2) is 0 Å². The number of carbonyl (C=O) groups excluding carboxylic acids is 1. The van der Waals surface area contributed by atoms with Gasteiger partial charge in [-0.25, -0.2) is 4.39 Å². The Bertz CT molecular complexity index is 996. The quantitative estimate of drug-likeness (QED) is 0.339. The van der Waals surface area contributed by atoms with Gasteiger partial charge in [0.05, 0.1) is 36.8 Å². The molecule has 2 rings (SSSR count). The minimum absolute atomic E-state index is 0. The molecule has 0 saturated heterocycles. The first-order valence-electron chi connectivity index (χ1n) is 11.3. The number of carboxylic acids is 1. The molecule has 1 heterocycles. The maximum Gasteiger partial charge on any atom is 1.00 e. The minimum Gasteiger partial charge on any atom is -0.550 e. The number of aliphatic hydroxyl groups is 3. The predicted molar refractivity (Wildman–Crippen MR) is 125 cm³/mol. The molecular formula is C26H33FNNaO6. The Hall–Kier alpha value is -1.65. The molecule has 0 radical (unpaired) electrons. The first-order chi connectivity index (χ1) is 16.1. The average molecular weight is 498 g/mol. The molecule has 0 aliphatic heterocycles. The topological polar surface area (TPSA) is 123 Å². The molecule has 2 aromatic rings. The largest absolute Gasteiger partial charge is 1.00 e. The van der Waals surface area contributed by atoms with Crippen molar-refractivity contribution in [1.29, 1.82) is 0 Å². The summed E-state index contributed by atoms with van der Waals surface area (Å²) in [6.07, 6.45) is 0.0456. The van der Waals surface area contributed by atoms with E-state index >= 15 is 0 Å². The van der Waals surface area contributed by atoms with Gasteiger partial charge in [-0.3, -0.25) is 4.98 Å². The fourth-order valence-electron chi connectivity index (χ4n) is 3.86. The van der Waals surface area contributed by atoms with E-state index in [1.165, 1.54) is 18.2 Å². The van der Waals surface area contributed by atoms with Crippen molar-refractivity contribution < 1.29 is 63.9 Å². The molecule has 1 aromatic heterocycles. The van der Waals surface area contributed by atoms with Gasteiger partial charge >= 0.3 is 29.6 Å². The number of carboxylic acid groups (broad SMARTS) is 1. The van der Waals surface area contributed by atoms with Crippen LogP contribution in [-0.4, -0.2) is 52.2 Å². The van der Waals surface area contributed by atoms with Crippen molar-refractivity contribution in [3.63, 3.8) is 0 Å². The molecule has 0 saturated carbocycles. The summed E-state index contributed by atoms with van der Waals surface area (Å²) >= 11 is 0. The fraction of sp³-hybridized carbons (Fsp3) is 0.462. The number of rotatable bonds is 12. The molecule has 186 valence electrons. The van der Waals surface area contributed by atoms with Crippen LogP contribution in [0.5, 0.6) is 0 Å². The maximum atomic E-state index is 13.7. The second-order valence-electron chi connectivity index (χ2n) is 8.72. The molecule has 1 aromatic carbocycles. The van der Waals surface area contributed by atoms with Crippen molar-refractivity contribution in [2.24, 2.45) is 0 Å². The zero-order valence-corrected chi connectivity index (χ0v) is 23.0. The van der Waals surface area contributed by atoms with Gasteiger partial charge in [-0.05, 0) is 29.2 Å². The Kier molecular flexibility index (Phi) is 13.3. The summed E-state index contributed by atoms with van der Waals surface area (Å²) in [5, 5.41) is 40.8. The van der Waals surface area contributed by atoms with E-state index < -0.39 is 24.6 Å². The van der Waals surface area contributed by atoms with Crippen LogP contribution in [0.15, 0.2) is 30.3 Å². The normalized spacial score (nSPS) is 14.1. The maximum absolute atomic E-state index is 13.7. The summed E-state index contributed by atoms with van der Waals surface area (Å²) < 4.78 is 19.2. The van der Waals surface area contributed by atoms with Crippen molar-refractivity contribution in [2.75, 3.05) is 13.7 Å². The molecule has 0 amide bonds. The summed E-state index contributed by atoms with van der Waals surface area (Å²) in [7, 11) is 1.55. The van der Waals surface area contributed by atoms with E-state index in [4.69, 9.17) is 9.72 Å². The monoisotopic (exact) mass is 497 g/mol. The average Bonchev–Trinajstić information content (AvgIpc) is 2.77. The molecule has 0 fully saturated rings. The molecular weight excluding hydrogens is 464 g/mol. The number of halogens is 1. The summed E-state index contributed by atoms with van der Waals surface area (Å²) in [5.74, 6) is -2.08. The molecule has 0 aliphatic rings. The number of nitrogens with zero attached hydrogens (tertiary/aromatic N) is 1. The summed E-state index contributed by atoms with van der Waals surface area (Å²) in [5.41, 5.74) is 4.29. The standard InChI is InChI=1S/C26H34FNO6.Na/c1-15(2)25-21(10-9-19(30)11-20(31)12-23(32)33)24(17-5-7-18(27)8-6-17)22(14-34-4)26(28-25)16(3)13-29;/h5-10,15-16,19-20,29-31H,11-14H2,1-4H3,(H,32,33);/q;+1/p-1/t16-,19-,20-;/m1./s1. The number of hydrogen-bond acceptors (Lipinski definition) is 7. The molecule has 0 bridgehead atoms. The second-order valence-corrected chi connectivity index (χ2v) is 8.72. The van der Waals surface area contributed by atoms with Gasteiger partial charge in [0.25, 0.3) is 0 Å². The van der Waals surface area contributed by atoms with Crippen LogP contribution >= 0.6 is 0 Å². The fourth-order valence-corrected chi connectivity index (χ4v) is 3.86. The van der Waals surface area contributed by atoms with Crippen molar-refractivity contribution >= 4 is 12.0 Å². The minimum atomic E-state index is -1.40. The number of benzene rings is 1.